The topological polar surface area (TPSA) is 48.4 Å². The number of hydrogen-bond acceptors (Lipinski definition) is 4. The van der Waals surface area contributed by atoms with Crippen molar-refractivity contribution >= 4 is 5.78 Å². The van der Waals surface area contributed by atoms with Crippen molar-refractivity contribution in [3.05, 3.63) is 53.9 Å². The lowest BCUT2D eigenvalue weighted by Crippen LogP contribution is -2.06. The van der Waals surface area contributed by atoms with E-state index in [0.29, 0.717) is 23.5 Å². The van der Waals surface area contributed by atoms with E-state index in [9.17, 15) is 4.79 Å². The van der Waals surface area contributed by atoms with Crippen LogP contribution in [-0.2, 0) is 6.42 Å². The first-order valence-electron chi connectivity index (χ1n) is 5.89. The fraction of sp³-hybridized carbons (Fsp3) is 0.200. The van der Waals surface area contributed by atoms with Gasteiger partial charge in [0.25, 0.3) is 0 Å². The highest BCUT2D eigenvalue weighted by atomic mass is 16.5. The van der Waals surface area contributed by atoms with E-state index in [1.807, 2.05) is 12.1 Å². The smallest absolute Gasteiger partial charge is 0.171 e. The lowest BCUT2D eigenvalue weighted by atomic mass is 10.0. The van der Waals surface area contributed by atoms with E-state index in [2.05, 4.69) is 4.98 Å². The molecule has 0 bridgehead atoms. The van der Waals surface area contributed by atoms with Gasteiger partial charge >= 0.3 is 0 Å². The number of carbonyl (C=O) groups excluding carboxylic acids is 1. The van der Waals surface area contributed by atoms with Gasteiger partial charge in [0.05, 0.1) is 19.8 Å². The molecule has 2 aromatic rings. The first-order valence-corrected chi connectivity index (χ1v) is 5.89. The maximum atomic E-state index is 12.3. The summed E-state index contributed by atoms with van der Waals surface area (Å²) in [6.07, 6.45) is 3.66. The minimum Gasteiger partial charge on any atom is -0.493 e. The fourth-order valence-corrected chi connectivity index (χ4v) is 1.89. The predicted molar refractivity (Wildman–Crippen MR) is 71.8 cm³/mol. The molecule has 0 saturated heterocycles. The molecule has 1 heterocycles. The molecule has 0 saturated carbocycles. The van der Waals surface area contributed by atoms with Gasteiger partial charge in [-0.3, -0.25) is 9.78 Å². The van der Waals surface area contributed by atoms with E-state index < -0.39 is 0 Å². The van der Waals surface area contributed by atoms with Gasteiger partial charge in [-0.15, -0.1) is 0 Å². The third kappa shape index (κ3) is 2.91. The van der Waals surface area contributed by atoms with Gasteiger partial charge < -0.3 is 9.47 Å². The first kappa shape index (κ1) is 13.1. The van der Waals surface area contributed by atoms with Crippen LogP contribution in [0.15, 0.2) is 42.7 Å². The average Bonchev–Trinajstić information content (AvgIpc) is 2.47. The molecule has 4 heteroatoms. The number of rotatable bonds is 5. The SMILES string of the molecule is COc1cccc(C(=O)Cc2ccncc2)c1OC. The average molecular weight is 257 g/mol. The second kappa shape index (κ2) is 6.00. The molecule has 4 nitrogen and oxygen atoms in total. The number of methoxy groups -OCH3 is 2. The van der Waals surface area contributed by atoms with Crippen molar-refractivity contribution in [3.63, 3.8) is 0 Å². The van der Waals surface area contributed by atoms with Gasteiger partial charge in [-0.05, 0) is 29.8 Å². The minimum absolute atomic E-state index is 0.0121. The number of benzene rings is 1. The summed E-state index contributed by atoms with van der Waals surface area (Å²) in [4.78, 5) is 16.2. The molecule has 0 unspecified atom stereocenters. The Morgan fingerprint density at radius 2 is 1.84 bits per heavy atom. The van der Waals surface area contributed by atoms with Crippen molar-refractivity contribution < 1.29 is 14.3 Å². The maximum Gasteiger partial charge on any atom is 0.171 e. The molecule has 0 aliphatic rings. The van der Waals surface area contributed by atoms with Crippen molar-refractivity contribution in [2.45, 2.75) is 6.42 Å². The molecule has 0 N–H and O–H groups in total. The summed E-state index contributed by atoms with van der Waals surface area (Å²) in [5.74, 6) is 1.02. The van der Waals surface area contributed by atoms with Crippen molar-refractivity contribution in [2.75, 3.05) is 14.2 Å². The Balaban J connectivity index is 2.29. The lowest BCUT2D eigenvalue weighted by Gasteiger charge is -2.11. The Morgan fingerprint density at radius 1 is 1.11 bits per heavy atom. The van der Waals surface area contributed by atoms with Crippen LogP contribution in [0.3, 0.4) is 0 Å². The molecule has 19 heavy (non-hydrogen) atoms. The summed E-state index contributed by atoms with van der Waals surface area (Å²) in [6, 6.07) is 8.93. The van der Waals surface area contributed by atoms with Crippen LogP contribution < -0.4 is 9.47 Å². The summed E-state index contributed by atoms with van der Waals surface area (Å²) >= 11 is 0. The molecule has 0 amide bonds. The van der Waals surface area contributed by atoms with Crippen molar-refractivity contribution in [2.24, 2.45) is 0 Å². The molecule has 1 aromatic carbocycles. The molecule has 1 aromatic heterocycles. The summed E-state index contributed by atoms with van der Waals surface area (Å²) in [6.45, 7) is 0. The number of Topliss-reactive ketones (excluding diaryl/α,β-unsaturated/α-hetero) is 1. The van der Waals surface area contributed by atoms with E-state index in [1.165, 1.54) is 7.11 Å². The predicted octanol–water partition coefficient (Wildman–Crippen LogP) is 2.52. The highest BCUT2D eigenvalue weighted by molar-refractivity contribution is 6.00. The Hall–Kier alpha value is -2.36. The van der Waals surface area contributed by atoms with Crippen LogP contribution in [-0.4, -0.2) is 25.0 Å². The van der Waals surface area contributed by atoms with E-state index >= 15 is 0 Å². The van der Waals surface area contributed by atoms with Crippen LogP contribution in [0, 0.1) is 0 Å². The fourth-order valence-electron chi connectivity index (χ4n) is 1.89. The molecule has 98 valence electrons. The Kier molecular flexibility index (Phi) is 4.13. The van der Waals surface area contributed by atoms with E-state index in [1.54, 1.807) is 37.7 Å². The third-order valence-electron chi connectivity index (χ3n) is 2.82. The zero-order chi connectivity index (χ0) is 13.7. The molecule has 0 radical (unpaired) electrons. The molecule has 0 aliphatic carbocycles. The van der Waals surface area contributed by atoms with Crippen LogP contribution in [0.2, 0.25) is 0 Å². The van der Waals surface area contributed by atoms with E-state index in [-0.39, 0.29) is 5.78 Å². The standard InChI is InChI=1S/C15H15NO3/c1-18-14-5-3-4-12(15(14)19-2)13(17)10-11-6-8-16-9-7-11/h3-9H,10H2,1-2H3. The van der Waals surface area contributed by atoms with Crippen LogP contribution in [0.25, 0.3) is 0 Å². The number of pyridine rings is 1. The Morgan fingerprint density at radius 3 is 2.47 bits per heavy atom. The highest BCUT2D eigenvalue weighted by Gasteiger charge is 2.16. The van der Waals surface area contributed by atoms with Crippen LogP contribution in [0.5, 0.6) is 11.5 Å². The monoisotopic (exact) mass is 257 g/mol. The number of nitrogens with zero attached hydrogens (tertiary/aromatic N) is 1. The Labute approximate surface area is 112 Å². The van der Waals surface area contributed by atoms with Crippen molar-refractivity contribution in [1.29, 1.82) is 0 Å². The molecule has 0 aliphatic heterocycles. The number of aromatic nitrogens is 1. The molecule has 2 rings (SSSR count). The summed E-state index contributed by atoms with van der Waals surface area (Å²) < 4.78 is 10.5. The van der Waals surface area contributed by atoms with Crippen molar-refractivity contribution in [1.82, 2.24) is 4.98 Å². The number of ketones is 1. The van der Waals surface area contributed by atoms with Gasteiger partial charge in [-0.25, -0.2) is 0 Å². The largest absolute Gasteiger partial charge is 0.493 e. The molecular weight excluding hydrogens is 242 g/mol. The molecule has 0 fully saturated rings. The zero-order valence-electron chi connectivity index (χ0n) is 10.9. The molecule has 0 spiro atoms. The van der Waals surface area contributed by atoms with E-state index in [0.717, 1.165) is 5.56 Å². The van der Waals surface area contributed by atoms with Gasteiger partial charge in [0.2, 0.25) is 0 Å². The molecule has 0 atom stereocenters. The lowest BCUT2D eigenvalue weighted by molar-refractivity contribution is 0.0989. The van der Waals surface area contributed by atoms with Gasteiger partial charge in [0.1, 0.15) is 0 Å². The highest BCUT2D eigenvalue weighted by Crippen LogP contribution is 2.31. The second-order valence-corrected chi connectivity index (χ2v) is 4.00. The number of carbonyl (C=O) groups is 1. The summed E-state index contributed by atoms with van der Waals surface area (Å²) in [5.41, 5.74) is 1.45. The van der Waals surface area contributed by atoms with Crippen LogP contribution >= 0.6 is 0 Å². The van der Waals surface area contributed by atoms with Crippen LogP contribution in [0.4, 0.5) is 0 Å². The number of hydrogen-bond donors (Lipinski definition) is 0. The van der Waals surface area contributed by atoms with Gasteiger partial charge in [0, 0.05) is 18.8 Å². The first-order chi connectivity index (χ1) is 9.26. The van der Waals surface area contributed by atoms with Gasteiger partial charge in [0.15, 0.2) is 17.3 Å². The zero-order valence-corrected chi connectivity index (χ0v) is 10.9. The summed E-state index contributed by atoms with van der Waals surface area (Å²) in [7, 11) is 3.08. The third-order valence-corrected chi connectivity index (χ3v) is 2.82. The normalized spacial score (nSPS) is 10.0. The second-order valence-electron chi connectivity index (χ2n) is 4.00. The quantitative estimate of drug-likeness (QED) is 0.772. The van der Waals surface area contributed by atoms with Crippen LogP contribution in [0.1, 0.15) is 15.9 Å². The van der Waals surface area contributed by atoms with Crippen molar-refractivity contribution in [3.8, 4) is 11.5 Å². The number of para-hydroxylation sites is 1. The summed E-state index contributed by atoms with van der Waals surface area (Å²) in [5, 5.41) is 0. The van der Waals surface area contributed by atoms with Gasteiger partial charge in [-0.2, -0.15) is 0 Å². The van der Waals surface area contributed by atoms with Gasteiger partial charge in [-0.1, -0.05) is 6.07 Å². The van der Waals surface area contributed by atoms with E-state index in [4.69, 9.17) is 9.47 Å². The Bertz CT molecular complexity index is 567. The minimum atomic E-state index is -0.0121. The molecular formula is C15H15NO3. The number of ether oxygens (including phenoxy) is 2. The maximum absolute atomic E-state index is 12.3.